The highest BCUT2D eigenvalue weighted by Gasteiger charge is 2.31. The number of hydrogen-bond donors (Lipinski definition) is 1. The molecule has 1 aliphatic rings. The first-order chi connectivity index (χ1) is 4.75. The zero-order chi connectivity index (χ0) is 7.56. The zero-order valence-electron chi connectivity index (χ0n) is 5.60. The van der Waals surface area contributed by atoms with Gasteiger partial charge in [0.05, 0.1) is 12.5 Å². The molecule has 1 heterocycles. The minimum atomic E-state index is -0.213. The molecule has 2 atom stereocenters. The van der Waals surface area contributed by atoms with E-state index in [0.29, 0.717) is 25.3 Å². The Balaban J connectivity index is 2.41. The molecule has 10 heavy (non-hydrogen) atoms. The fourth-order valence-corrected chi connectivity index (χ4v) is 1.46. The fraction of sp³-hybridized carbons (Fsp3) is 0.833. The van der Waals surface area contributed by atoms with Gasteiger partial charge in [-0.3, -0.25) is 0 Å². The number of carbonyl (C=O) groups is 1. The summed E-state index contributed by atoms with van der Waals surface area (Å²) in [6.45, 7) is 0.431. The highest BCUT2D eigenvalue weighted by molar-refractivity contribution is 6.17. The molecule has 58 valence electrons. The third kappa shape index (κ3) is 1.48. The maximum Gasteiger partial charge on any atom is 0.315 e. The van der Waals surface area contributed by atoms with Gasteiger partial charge in [0.1, 0.15) is 0 Å². The van der Waals surface area contributed by atoms with Crippen molar-refractivity contribution in [1.29, 1.82) is 0 Å². The van der Waals surface area contributed by atoms with Gasteiger partial charge in [0.15, 0.2) is 0 Å². The molecule has 0 radical (unpaired) electrons. The smallest absolute Gasteiger partial charge is 0.315 e. The van der Waals surface area contributed by atoms with Crippen molar-refractivity contribution < 1.29 is 9.86 Å². The second-order valence-electron chi connectivity index (χ2n) is 2.50. The fourth-order valence-electron chi connectivity index (χ4n) is 1.19. The highest BCUT2D eigenvalue weighted by atomic mass is 35.5. The van der Waals surface area contributed by atoms with E-state index >= 15 is 0 Å². The Kier molecular flexibility index (Phi) is 2.65. The molecule has 0 saturated carbocycles. The van der Waals surface area contributed by atoms with Gasteiger partial charge < -0.3 is 10.3 Å². The van der Waals surface area contributed by atoms with Crippen LogP contribution in [0.15, 0.2) is 0 Å². The van der Waals surface area contributed by atoms with Crippen molar-refractivity contribution in [2.24, 2.45) is 5.92 Å². The average molecular weight is 164 g/mol. The first kappa shape index (κ1) is 7.98. The van der Waals surface area contributed by atoms with Crippen LogP contribution in [0, 0.1) is 11.1 Å². The van der Waals surface area contributed by atoms with Gasteiger partial charge in [-0.2, -0.15) is 0 Å². The zero-order valence-corrected chi connectivity index (χ0v) is 6.36. The predicted octanol–water partition coefficient (Wildman–Crippen LogP) is -0.455. The lowest BCUT2D eigenvalue weighted by molar-refractivity contribution is -0.755. The lowest BCUT2D eigenvalue weighted by Gasteiger charge is -2.11. The van der Waals surface area contributed by atoms with Crippen LogP contribution in [0.5, 0.6) is 0 Å². The van der Waals surface area contributed by atoms with E-state index in [4.69, 9.17) is 11.6 Å². The molecule has 0 spiro atoms. The van der Waals surface area contributed by atoms with Crippen LogP contribution in [0.4, 0.5) is 0 Å². The second-order valence-corrected chi connectivity index (χ2v) is 2.88. The van der Waals surface area contributed by atoms with Crippen LogP contribution in [-0.4, -0.2) is 18.3 Å². The number of carbonyl (C=O) groups excluding carboxylic acids is 1. The molecule has 2 unspecified atom stereocenters. The van der Waals surface area contributed by atoms with E-state index in [1.807, 2.05) is 0 Å². The molecule has 3 nitrogen and oxygen atoms in total. The standard InChI is InChI=1S/C6H10ClNO2/c7-3-1-5-2-4-8(10)6(5)9/h5,8H,1-4H2. The molecule has 1 amide bonds. The lowest BCUT2D eigenvalue weighted by atomic mass is 10.1. The highest BCUT2D eigenvalue weighted by Crippen LogP contribution is 2.10. The molecule has 4 heteroatoms. The van der Waals surface area contributed by atoms with Crippen molar-refractivity contribution in [3.63, 3.8) is 0 Å². The summed E-state index contributed by atoms with van der Waals surface area (Å²) in [6, 6.07) is 0. The number of quaternary nitrogens is 1. The van der Waals surface area contributed by atoms with E-state index in [1.165, 1.54) is 0 Å². The van der Waals surface area contributed by atoms with Gasteiger partial charge in [0.2, 0.25) is 0 Å². The molecule has 0 aromatic heterocycles. The van der Waals surface area contributed by atoms with Crippen molar-refractivity contribution in [2.75, 3.05) is 12.4 Å². The number of hydroxylamine groups is 2. The van der Waals surface area contributed by atoms with E-state index in [1.54, 1.807) is 0 Å². The second kappa shape index (κ2) is 3.32. The van der Waals surface area contributed by atoms with Gasteiger partial charge in [0, 0.05) is 12.3 Å². The number of halogens is 1. The third-order valence-electron chi connectivity index (χ3n) is 1.82. The molecule has 0 aromatic carbocycles. The van der Waals surface area contributed by atoms with Crippen LogP contribution in [0.1, 0.15) is 12.8 Å². The Morgan fingerprint density at radius 3 is 2.90 bits per heavy atom. The maximum atomic E-state index is 10.9. The average Bonchev–Trinajstić information content (AvgIpc) is 2.20. The van der Waals surface area contributed by atoms with Crippen molar-refractivity contribution in [3.8, 4) is 0 Å². The molecule has 0 aromatic rings. The van der Waals surface area contributed by atoms with Gasteiger partial charge in [-0.1, -0.05) is 0 Å². The van der Waals surface area contributed by atoms with Crippen LogP contribution in [0.2, 0.25) is 0 Å². The summed E-state index contributed by atoms with van der Waals surface area (Å²) in [7, 11) is 0. The first-order valence-electron chi connectivity index (χ1n) is 3.38. The van der Waals surface area contributed by atoms with Crippen molar-refractivity contribution >= 4 is 17.5 Å². The summed E-state index contributed by atoms with van der Waals surface area (Å²) in [6.07, 6.45) is 1.37. The minimum Gasteiger partial charge on any atom is -0.627 e. The first-order valence-corrected chi connectivity index (χ1v) is 3.92. The van der Waals surface area contributed by atoms with E-state index < -0.39 is 0 Å². The number of amides is 1. The van der Waals surface area contributed by atoms with Crippen LogP contribution in [0.25, 0.3) is 0 Å². The predicted molar refractivity (Wildman–Crippen MR) is 37.6 cm³/mol. The SMILES string of the molecule is O=C1C(CCCl)CC[NH+]1[O-]. The molecule has 1 rings (SSSR count). The maximum absolute atomic E-state index is 10.9. The molecule has 1 N–H and O–H groups in total. The largest absolute Gasteiger partial charge is 0.627 e. The van der Waals surface area contributed by atoms with E-state index in [0.717, 1.165) is 0 Å². The van der Waals surface area contributed by atoms with Gasteiger partial charge in [-0.25, -0.2) is 4.79 Å². The molecule has 1 aliphatic heterocycles. The molecule has 0 bridgehead atoms. The van der Waals surface area contributed by atoms with Crippen molar-refractivity contribution in [3.05, 3.63) is 5.21 Å². The topological polar surface area (TPSA) is 44.6 Å². The number of alkyl halides is 1. The summed E-state index contributed by atoms with van der Waals surface area (Å²) >= 11 is 5.43. The Labute approximate surface area is 64.5 Å². The van der Waals surface area contributed by atoms with E-state index in [-0.39, 0.29) is 16.9 Å². The summed E-state index contributed by atoms with van der Waals surface area (Å²) in [5.74, 6) is 0.203. The number of hydrogen-bond acceptors (Lipinski definition) is 2. The van der Waals surface area contributed by atoms with Crippen LogP contribution >= 0.6 is 11.6 Å². The molecular formula is C6H10ClNO2. The van der Waals surface area contributed by atoms with Gasteiger partial charge in [-0.15, -0.1) is 11.6 Å². The monoisotopic (exact) mass is 163 g/mol. The summed E-state index contributed by atoms with van der Waals surface area (Å²) in [4.78, 5) is 10.9. The van der Waals surface area contributed by atoms with Crippen LogP contribution in [-0.2, 0) is 4.79 Å². The van der Waals surface area contributed by atoms with Crippen molar-refractivity contribution in [1.82, 2.24) is 0 Å². The van der Waals surface area contributed by atoms with Gasteiger partial charge in [0.25, 0.3) is 0 Å². The molecular weight excluding hydrogens is 154 g/mol. The quantitative estimate of drug-likeness (QED) is 0.443. The Morgan fingerprint density at radius 2 is 2.50 bits per heavy atom. The summed E-state index contributed by atoms with van der Waals surface area (Å²) in [5, 5.41) is 10.5. The van der Waals surface area contributed by atoms with Crippen LogP contribution < -0.4 is 5.06 Å². The Bertz CT molecular complexity index is 138. The lowest BCUT2D eigenvalue weighted by Crippen LogP contribution is -3.08. The Morgan fingerprint density at radius 1 is 1.80 bits per heavy atom. The molecule has 1 saturated heterocycles. The third-order valence-corrected chi connectivity index (χ3v) is 2.04. The Hall–Kier alpha value is -0.120. The molecule has 1 fully saturated rings. The summed E-state index contributed by atoms with van der Waals surface area (Å²) in [5.41, 5.74) is 0. The molecule has 0 aliphatic carbocycles. The minimum absolute atomic E-state index is 0.0648. The van der Waals surface area contributed by atoms with Crippen molar-refractivity contribution in [2.45, 2.75) is 12.8 Å². The van der Waals surface area contributed by atoms with E-state index in [9.17, 15) is 10.0 Å². The summed E-state index contributed by atoms with van der Waals surface area (Å²) < 4.78 is 0. The van der Waals surface area contributed by atoms with Gasteiger partial charge in [-0.05, 0) is 6.42 Å². The van der Waals surface area contributed by atoms with Gasteiger partial charge >= 0.3 is 5.91 Å². The number of rotatable bonds is 2. The van der Waals surface area contributed by atoms with Crippen LogP contribution in [0.3, 0.4) is 0 Å². The van der Waals surface area contributed by atoms with E-state index in [2.05, 4.69) is 0 Å². The normalized spacial score (nSPS) is 33.2. The number of nitrogens with one attached hydrogen (secondary N) is 1.